The molecule has 0 aromatic carbocycles. The van der Waals surface area contributed by atoms with Crippen LogP contribution in [0.4, 0.5) is 0 Å². The van der Waals surface area contributed by atoms with E-state index in [2.05, 4.69) is 6.58 Å². The third kappa shape index (κ3) is 3.48. The number of allylic oxidation sites excluding steroid dienone is 2. The maximum Gasteiger partial charge on any atom is 0.0541 e. The summed E-state index contributed by atoms with van der Waals surface area (Å²) in [6.07, 6.45) is 1.65. The van der Waals surface area contributed by atoms with Crippen molar-refractivity contribution in [1.29, 1.82) is 0 Å². The molecule has 28 valence electrons. The normalized spacial score (nSPS) is 13.8. The molecule has 5 heavy (non-hydrogen) atoms. The van der Waals surface area contributed by atoms with Crippen molar-refractivity contribution in [1.82, 2.24) is 0 Å². The van der Waals surface area contributed by atoms with Crippen LogP contribution in [0.1, 0.15) is 8.29 Å². The lowest BCUT2D eigenvalue weighted by Gasteiger charge is -1.71. The molecule has 0 rings (SSSR count). The summed E-state index contributed by atoms with van der Waals surface area (Å²) in [7, 11) is 0. The first-order valence-corrected chi connectivity index (χ1v) is 1.49. The van der Waals surface area contributed by atoms with Crippen LogP contribution in [0, 0.1) is 0 Å². The number of hydrogen-bond donors (Lipinski definition) is 0. The van der Waals surface area contributed by atoms with Crippen LogP contribution in [0.5, 0.6) is 0 Å². The van der Waals surface area contributed by atoms with E-state index in [0.29, 0.717) is 0 Å². The highest BCUT2D eigenvalue weighted by atomic mass is 13.7. The standard InChI is InChI=1S/C5H8/c1-4-5(2)3/h4H,1-2H2,3H3/i2D/b5-2-. The van der Waals surface area contributed by atoms with Gasteiger partial charge in [-0.15, -0.1) is 0 Å². The van der Waals surface area contributed by atoms with Crippen LogP contribution >= 0.6 is 0 Å². The van der Waals surface area contributed by atoms with Crippen molar-refractivity contribution >= 4 is 0 Å². The SMILES string of the molecule is [2H]/C=C(/C)C=C. The van der Waals surface area contributed by atoms with E-state index in [4.69, 9.17) is 1.37 Å². The van der Waals surface area contributed by atoms with Crippen LogP contribution in [0.2, 0.25) is 0 Å². The predicted octanol–water partition coefficient (Wildman–Crippen LogP) is 1.75. The minimum absolute atomic E-state index is 0.898. The quantitative estimate of drug-likeness (QED) is 0.411. The van der Waals surface area contributed by atoms with Crippen molar-refractivity contribution in [2.75, 3.05) is 0 Å². The molecule has 0 heteroatoms. The van der Waals surface area contributed by atoms with E-state index in [1.165, 1.54) is 6.55 Å². The summed E-state index contributed by atoms with van der Waals surface area (Å²) in [5, 5.41) is 0. The minimum atomic E-state index is 0.898. The molecule has 0 aliphatic carbocycles. The largest absolute Gasteiger partial charge is 0.0988 e. The van der Waals surface area contributed by atoms with E-state index >= 15 is 0 Å². The van der Waals surface area contributed by atoms with Crippen molar-refractivity contribution in [3.05, 3.63) is 24.8 Å². The molecule has 0 unspecified atom stereocenters. The van der Waals surface area contributed by atoms with Gasteiger partial charge in [-0.2, -0.15) is 0 Å². The van der Waals surface area contributed by atoms with E-state index in [9.17, 15) is 0 Å². The van der Waals surface area contributed by atoms with Gasteiger partial charge in [0.25, 0.3) is 0 Å². The fourth-order valence-electron chi connectivity index (χ4n) is 0. The highest BCUT2D eigenvalue weighted by molar-refractivity contribution is 5.05. The van der Waals surface area contributed by atoms with E-state index in [0.717, 1.165) is 5.57 Å². The molecule has 0 aliphatic rings. The molecule has 0 bridgehead atoms. The summed E-state index contributed by atoms with van der Waals surface area (Å²) in [6, 6.07) is 0. The van der Waals surface area contributed by atoms with Crippen LogP contribution < -0.4 is 0 Å². The highest BCUT2D eigenvalue weighted by Crippen LogP contribution is 1.81. The second-order valence-corrected chi connectivity index (χ2v) is 0.948. The molecule has 0 heterocycles. The zero-order valence-electron chi connectivity index (χ0n) is 4.36. The van der Waals surface area contributed by atoms with Gasteiger partial charge in [0.15, 0.2) is 0 Å². The van der Waals surface area contributed by atoms with Gasteiger partial charge in [-0.05, 0) is 6.92 Å². The first-order chi connectivity index (χ1) is 2.81. The Labute approximate surface area is 34.2 Å². The Morgan fingerprint density at radius 2 is 2.80 bits per heavy atom. The number of hydrogen-bond acceptors (Lipinski definition) is 0. The zero-order valence-corrected chi connectivity index (χ0v) is 3.36. The molecule has 0 fully saturated rings. The molecule has 0 atom stereocenters. The molecule has 0 spiro atoms. The molecule has 0 radical (unpaired) electrons. The van der Waals surface area contributed by atoms with Gasteiger partial charge >= 0.3 is 0 Å². The molecule has 0 N–H and O–H groups in total. The van der Waals surface area contributed by atoms with E-state index < -0.39 is 0 Å². The Kier molecular flexibility index (Phi) is 0.956. The third-order valence-corrected chi connectivity index (χ3v) is 0.322. The average molecular weight is 69.1 g/mol. The minimum Gasteiger partial charge on any atom is -0.0988 e. The molecule has 0 saturated heterocycles. The van der Waals surface area contributed by atoms with E-state index in [1.807, 2.05) is 6.92 Å². The van der Waals surface area contributed by atoms with Crippen molar-refractivity contribution < 1.29 is 1.37 Å². The molecular formula is C5H8. The number of rotatable bonds is 1. The van der Waals surface area contributed by atoms with Gasteiger partial charge in [-0.25, -0.2) is 0 Å². The summed E-state index contributed by atoms with van der Waals surface area (Å²) in [5.74, 6) is 0. The van der Waals surface area contributed by atoms with Crippen LogP contribution in [0.15, 0.2) is 24.8 Å². The summed E-state index contributed by atoms with van der Waals surface area (Å²) in [4.78, 5) is 0. The Hall–Kier alpha value is -0.520. The Morgan fingerprint density at radius 1 is 2.20 bits per heavy atom. The zero-order chi connectivity index (χ0) is 4.99. The summed E-state index contributed by atoms with van der Waals surface area (Å²) in [5.41, 5.74) is 0.898. The molecule has 0 saturated carbocycles. The topological polar surface area (TPSA) is 0 Å². The van der Waals surface area contributed by atoms with Gasteiger partial charge < -0.3 is 0 Å². The molecular weight excluding hydrogens is 60.1 g/mol. The Balaban J connectivity index is 3.50. The fraction of sp³-hybridized carbons (Fsp3) is 0.200. The first kappa shape index (κ1) is 2.70. The summed E-state index contributed by atoms with van der Waals surface area (Å²) < 4.78 is 6.58. The first-order valence-electron chi connectivity index (χ1n) is 2.06. The average Bonchev–Trinajstić information content (AvgIpc) is 1.65. The van der Waals surface area contributed by atoms with Crippen LogP contribution in [0.25, 0.3) is 0 Å². The lowest BCUT2D eigenvalue weighted by Crippen LogP contribution is -1.50. The summed E-state index contributed by atoms with van der Waals surface area (Å²) in [6.45, 7) is 6.55. The second kappa shape index (κ2) is 1.77. The van der Waals surface area contributed by atoms with Gasteiger partial charge in [0, 0.05) is 0 Å². The monoisotopic (exact) mass is 69.1 g/mol. The third-order valence-electron chi connectivity index (χ3n) is 0.322. The Morgan fingerprint density at radius 3 is 2.80 bits per heavy atom. The smallest absolute Gasteiger partial charge is 0.0541 e. The van der Waals surface area contributed by atoms with Crippen LogP contribution in [-0.4, -0.2) is 0 Å². The van der Waals surface area contributed by atoms with E-state index in [1.54, 1.807) is 6.08 Å². The lowest BCUT2D eigenvalue weighted by atomic mass is 10.4. The molecule has 0 aromatic heterocycles. The molecule has 0 aromatic rings. The molecule has 0 aliphatic heterocycles. The summed E-state index contributed by atoms with van der Waals surface area (Å²) >= 11 is 0. The lowest BCUT2D eigenvalue weighted by molar-refractivity contribution is 1.58. The molecule has 0 amide bonds. The maximum absolute atomic E-state index is 6.58. The van der Waals surface area contributed by atoms with Gasteiger partial charge in [-0.3, -0.25) is 0 Å². The fourth-order valence-corrected chi connectivity index (χ4v) is 0. The van der Waals surface area contributed by atoms with Gasteiger partial charge in [0.1, 0.15) is 0 Å². The van der Waals surface area contributed by atoms with Crippen molar-refractivity contribution in [2.24, 2.45) is 0 Å². The maximum atomic E-state index is 6.58. The highest BCUT2D eigenvalue weighted by Gasteiger charge is 1.59. The van der Waals surface area contributed by atoms with Crippen LogP contribution in [0.3, 0.4) is 0 Å². The van der Waals surface area contributed by atoms with Gasteiger partial charge in [-0.1, -0.05) is 24.8 Å². The van der Waals surface area contributed by atoms with Gasteiger partial charge in [0.2, 0.25) is 0 Å². The van der Waals surface area contributed by atoms with Gasteiger partial charge in [0.05, 0.1) is 1.37 Å². The predicted molar refractivity (Wildman–Crippen MR) is 25.0 cm³/mol. The van der Waals surface area contributed by atoms with E-state index in [-0.39, 0.29) is 0 Å². The molecule has 0 nitrogen and oxygen atoms in total. The Bertz CT molecular complexity index is 72.0. The van der Waals surface area contributed by atoms with Crippen molar-refractivity contribution in [3.8, 4) is 0 Å². The second-order valence-electron chi connectivity index (χ2n) is 0.948. The van der Waals surface area contributed by atoms with Crippen LogP contribution in [-0.2, 0) is 0 Å². The van der Waals surface area contributed by atoms with Crippen molar-refractivity contribution in [2.45, 2.75) is 6.92 Å². The van der Waals surface area contributed by atoms with Crippen molar-refractivity contribution in [3.63, 3.8) is 0 Å².